The maximum atomic E-state index is 7.52. The number of pyridine rings is 1. The minimum atomic E-state index is 0. The first-order valence-electron chi connectivity index (χ1n) is 5.53. The van der Waals surface area contributed by atoms with Crippen LogP contribution in [0.4, 0.5) is 0 Å². The number of benzene rings is 1. The molecule has 3 aromatic rings. The first kappa shape index (κ1) is 16.4. The first-order chi connectivity index (χ1) is 8.75. The van der Waals surface area contributed by atoms with E-state index in [1.807, 2.05) is 36.5 Å². The lowest BCUT2D eigenvalue weighted by molar-refractivity contribution is 1.33. The number of halogens is 2. The van der Waals surface area contributed by atoms with Crippen LogP contribution < -0.4 is 5.73 Å². The molecule has 0 fully saturated rings. The van der Waals surface area contributed by atoms with Crippen LogP contribution in [-0.4, -0.2) is 10.8 Å². The molecule has 0 aliphatic carbocycles. The van der Waals surface area contributed by atoms with Gasteiger partial charge in [0, 0.05) is 28.0 Å². The van der Waals surface area contributed by atoms with Crippen molar-refractivity contribution in [3.05, 3.63) is 53.7 Å². The largest absolute Gasteiger partial charge is 0.383 e. The second-order valence-electron chi connectivity index (χ2n) is 3.98. The average molecular weight is 326 g/mol. The Morgan fingerprint density at radius 2 is 1.95 bits per heavy atom. The van der Waals surface area contributed by atoms with Crippen LogP contribution in [0, 0.1) is 5.41 Å². The number of rotatable bonds is 2. The summed E-state index contributed by atoms with van der Waals surface area (Å²) in [5.74, 6) is 0.119. The van der Waals surface area contributed by atoms with Crippen LogP contribution in [-0.2, 0) is 0 Å². The number of amidine groups is 1. The van der Waals surface area contributed by atoms with Crippen molar-refractivity contribution in [1.29, 1.82) is 5.41 Å². The van der Waals surface area contributed by atoms with E-state index in [2.05, 4.69) is 11.1 Å². The number of hydrogen-bond donors (Lipinski definition) is 2. The topological polar surface area (TPSA) is 62.8 Å². The molecule has 0 radical (unpaired) electrons. The summed E-state index contributed by atoms with van der Waals surface area (Å²) >= 11 is 1.54. The van der Waals surface area contributed by atoms with Crippen LogP contribution in [0.1, 0.15) is 4.88 Å². The molecule has 3 nitrogen and oxygen atoms in total. The first-order valence-corrected chi connectivity index (χ1v) is 6.35. The molecule has 3 rings (SSSR count). The van der Waals surface area contributed by atoms with Gasteiger partial charge in [-0.2, -0.15) is 0 Å². The van der Waals surface area contributed by atoms with Gasteiger partial charge in [-0.05, 0) is 23.8 Å². The summed E-state index contributed by atoms with van der Waals surface area (Å²) < 4.78 is 1.14. The molecule has 0 aliphatic rings. The Kier molecular flexibility index (Phi) is 5.51. The third-order valence-electron chi connectivity index (χ3n) is 2.80. The molecule has 0 saturated heterocycles. The van der Waals surface area contributed by atoms with E-state index in [0.717, 1.165) is 26.1 Å². The molecule has 0 saturated carbocycles. The van der Waals surface area contributed by atoms with Gasteiger partial charge in [-0.25, -0.2) is 0 Å². The fourth-order valence-electron chi connectivity index (χ4n) is 1.97. The minimum Gasteiger partial charge on any atom is -0.383 e. The Morgan fingerprint density at radius 1 is 1.15 bits per heavy atom. The summed E-state index contributed by atoms with van der Waals surface area (Å²) in [6, 6.07) is 12.1. The summed E-state index contributed by atoms with van der Waals surface area (Å²) in [6.07, 6.45) is 3.61. The Labute approximate surface area is 133 Å². The van der Waals surface area contributed by atoms with Gasteiger partial charge in [0.15, 0.2) is 0 Å². The van der Waals surface area contributed by atoms with E-state index in [4.69, 9.17) is 11.1 Å². The monoisotopic (exact) mass is 325 g/mol. The Balaban J connectivity index is 0.000001000. The summed E-state index contributed by atoms with van der Waals surface area (Å²) in [5.41, 5.74) is 7.76. The molecule has 0 unspecified atom stereocenters. The predicted octanol–water partition coefficient (Wildman–Crippen LogP) is 4.09. The number of nitrogens with zero attached hydrogens (tertiary/aromatic N) is 1. The standard InChI is InChI=1S/C14H11N3S.2ClH/c15-14(16)13-7-11-10(4-1-5-12(11)18-13)9-3-2-6-17-8-9;;/h1-8H,(H3,15,16);2*1H. The van der Waals surface area contributed by atoms with Gasteiger partial charge in [0.05, 0.1) is 4.88 Å². The summed E-state index contributed by atoms with van der Waals surface area (Å²) in [7, 11) is 0. The van der Waals surface area contributed by atoms with Crippen molar-refractivity contribution in [2.75, 3.05) is 0 Å². The van der Waals surface area contributed by atoms with Crippen LogP contribution >= 0.6 is 36.2 Å². The maximum Gasteiger partial charge on any atom is 0.133 e. The normalized spacial score (nSPS) is 9.60. The second-order valence-corrected chi connectivity index (χ2v) is 5.07. The van der Waals surface area contributed by atoms with Crippen LogP contribution in [0.2, 0.25) is 0 Å². The highest BCUT2D eigenvalue weighted by molar-refractivity contribution is 7.20. The number of nitrogens with one attached hydrogen (secondary N) is 1. The molecule has 0 atom stereocenters. The third-order valence-corrected chi connectivity index (χ3v) is 3.93. The van der Waals surface area contributed by atoms with Gasteiger partial charge in [0.1, 0.15) is 5.84 Å². The fraction of sp³-hybridized carbons (Fsp3) is 0. The Morgan fingerprint density at radius 3 is 2.60 bits per heavy atom. The van der Waals surface area contributed by atoms with E-state index < -0.39 is 0 Å². The smallest absolute Gasteiger partial charge is 0.133 e. The van der Waals surface area contributed by atoms with E-state index >= 15 is 0 Å². The van der Waals surface area contributed by atoms with Crippen LogP contribution in [0.25, 0.3) is 21.2 Å². The highest BCUT2D eigenvalue weighted by atomic mass is 35.5. The number of thiophene rings is 1. The van der Waals surface area contributed by atoms with Crippen molar-refractivity contribution >= 4 is 52.1 Å². The zero-order chi connectivity index (χ0) is 12.5. The summed E-state index contributed by atoms with van der Waals surface area (Å²) in [4.78, 5) is 4.95. The van der Waals surface area contributed by atoms with Gasteiger partial charge in [-0.1, -0.05) is 18.2 Å². The number of hydrogen-bond acceptors (Lipinski definition) is 3. The van der Waals surface area contributed by atoms with Gasteiger partial charge < -0.3 is 5.73 Å². The van der Waals surface area contributed by atoms with Crippen molar-refractivity contribution in [1.82, 2.24) is 4.98 Å². The van der Waals surface area contributed by atoms with Crippen molar-refractivity contribution in [2.45, 2.75) is 0 Å². The lowest BCUT2D eigenvalue weighted by Gasteiger charge is -2.02. The molecule has 0 aliphatic heterocycles. The minimum absolute atomic E-state index is 0. The third kappa shape index (κ3) is 2.93. The van der Waals surface area contributed by atoms with Crippen molar-refractivity contribution < 1.29 is 0 Å². The lowest BCUT2D eigenvalue weighted by Crippen LogP contribution is -2.08. The molecule has 2 heterocycles. The zero-order valence-corrected chi connectivity index (χ0v) is 12.8. The van der Waals surface area contributed by atoms with E-state index in [9.17, 15) is 0 Å². The fourth-order valence-corrected chi connectivity index (χ4v) is 2.92. The molecule has 20 heavy (non-hydrogen) atoms. The Bertz CT molecular complexity index is 726. The zero-order valence-electron chi connectivity index (χ0n) is 10.4. The summed E-state index contributed by atoms with van der Waals surface area (Å²) in [5, 5.41) is 8.64. The molecule has 6 heteroatoms. The molecule has 104 valence electrons. The highest BCUT2D eigenvalue weighted by Crippen LogP contribution is 2.33. The molecule has 0 bridgehead atoms. The van der Waals surface area contributed by atoms with Crippen LogP contribution in [0.15, 0.2) is 48.8 Å². The van der Waals surface area contributed by atoms with Crippen molar-refractivity contribution in [3.8, 4) is 11.1 Å². The van der Waals surface area contributed by atoms with Crippen molar-refractivity contribution in [3.63, 3.8) is 0 Å². The summed E-state index contributed by atoms with van der Waals surface area (Å²) in [6.45, 7) is 0. The SMILES string of the molecule is Cl.Cl.N=C(N)c1cc2c(-c3cccnc3)cccc2s1. The molecular formula is C14H13Cl2N3S. The second kappa shape index (κ2) is 6.70. The lowest BCUT2D eigenvalue weighted by atomic mass is 10.0. The quantitative estimate of drug-likeness (QED) is 0.550. The number of nitrogens with two attached hydrogens (primary N) is 1. The average Bonchev–Trinajstić information content (AvgIpc) is 2.83. The molecule has 2 aromatic heterocycles. The van der Waals surface area contributed by atoms with E-state index in [1.54, 1.807) is 17.5 Å². The van der Waals surface area contributed by atoms with E-state index in [-0.39, 0.29) is 30.6 Å². The number of nitrogen functional groups attached to an aromatic ring is 1. The van der Waals surface area contributed by atoms with Crippen LogP contribution in [0.5, 0.6) is 0 Å². The van der Waals surface area contributed by atoms with Gasteiger partial charge in [-0.15, -0.1) is 36.2 Å². The van der Waals surface area contributed by atoms with Crippen molar-refractivity contribution in [2.24, 2.45) is 5.73 Å². The molecular weight excluding hydrogens is 313 g/mol. The molecule has 3 N–H and O–H groups in total. The number of aromatic nitrogens is 1. The molecule has 0 spiro atoms. The van der Waals surface area contributed by atoms with Gasteiger partial charge >= 0.3 is 0 Å². The van der Waals surface area contributed by atoms with E-state index in [1.165, 1.54) is 0 Å². The molecule has 1 aromatic carbocycles. The maximum absolute atomic E-state index is 7.52. The number of fused-ring (bicyclic) bond motifs is 1. The van der Waals surface area contributed by atoms with Gasteiger partial charge in [0.2, 0.25) is 0 Å². The van der Waals surface area contributed by atoms with E-state index in [0.29, 0.717) is 0 Å². The van der Waals surface area contributed by atoms with Crippen LogP contribution in [0.3, 0.4) is 0 Å². The predicted molar refractivity (Wildman–Crippen MR) is 90.6 cm³/mol. The highest BCUT2D eigenvalue weighted by Gasteiger charge is 2.09. The van der Waals surface area contributed by atoms with Gasteiger partial charge in [0.25, 0.3) is 0 Å². The Hall–Kier alpha value is -1.62. The molecule has 0 amide bonds. The van der Waals surface area contributed by atoms with Gasteiger partial charge in [-0.3, -0.25) is 10.4 Å².